The van der Waals surface area contributed by atoms with Gasteiger partial charge in [0.25, 0.3) is 5.56 Å². The lowest BCUT2D eigenvalue weighted by Crippen LogP contribution is -2.29. The number of nitrogens with one attached hydrogen (secondary N) is 1. The molecular weight excluding hydrogens is 450 g/mol. The maximum Gasteiger partial charge on any atom is 0.262 e. The van der Waals surface area contributed by atoms with Crippen molar-refractivity contribution in [2.45, 2.75) is 37.6 Å². The molecule has 3 aromatic rings. The van der Waals surface area contributed by atoms with Gasteiger partial charge in [-0.1, -0.05) is 35.5 Å². The highest BCUT2D eigenvalue weighted by atomic mass is 35.5. The van der Waals surface area contributed by atoms with Gasteiger partial charge in [-0.05, 0) is 50.1 Å². The van der Waals surface area contributed by atoms with Crippen LogP contribution in [0.5, 0.6) is 5.75 Å². The molecule has 2 heterocycles. The summed E-state index contributed by atoms with van der Waals surface area (Å²) in [4.78, 5) is 30.5. The van der Waals surface area contributed by atoms with Crippen molar-refractivity contribution in [3.05, 3.63) is 57.8 Å². The number of rotatable bonds is 8. The van der Waals surface area contributed by atoms with Gasteiger partial charge in [-0.25, -0.2) is 4.98 Å². The number of benzene rings is 2. The molecule has 1 amide bonds. The first-order chi connectivity index (χ1) is 15.5. The summed E-state index contributed by atoms with van der Waals surface area (Å²) in [6, 6.07) is 12.3. The van der Waals surface area contributed by atoms with Gasteiger partial charge in [-0.3, -0.25) is 14.2 Å². The summed E-state index contributed by atoms with van der Waals surface area (Å²) in [7, 11) is 0. The van der Waals surface area contributed by atoms with E-state index in [1.165, 1.54) is 11.8 Å². The van der Waals surface area contributed by atoms with E-state index >= 15 is 0 Å². The number of thioether (sulfide) groups is 1. The zero-order valence-electron chi connectivity index (χ0n) is 17.7. The predicted octanol–water partition coefficient (Wildman–Crippen LogP) is 4.36. The molecule has 1 unspecified atom stereocenters. The molecule has 0 bridgehead atoms. The van der Waals surface area contributed by atoms with E-state index in [4.69, 9.17) is 21.1 Å². The van der Waals surface area contributed by atoms with Gasteiger partial charge in [0.2, 0.25) is 5.91 Å². The van der Waals surface area contributed by atoms with E-state index in [9.17, 15) is 9.59 Å². The molecule has 4 rings (SSSR count). The average molecular weight is 474 g/mol. The third-order valence-corrected chi connectivity index (χ3v) is 6.30. The van der Waals surface area contributed by atoms with Crippen molar-refractivity contribution in [2.24, 2.45) is 0 Å². The van der Waals surface area contributed by atoms with Crippen LogP contribution in [0, 0.1) is 0 Å². The molecule has 1 aromatic heterocycles. The van der Waals surface area contributed by atoms with Crippen LogP contribution in [0.4, 0.5) is 5.69 Å². The largest absolute Gasteiger partial charge is 0.492 e. The van der Waals surface area contributed by atoms with Crippen LogP contribution < -0.4 is 15.6 Å². The summed E-state index contributed by atoms with van der Waals surface area (Å²) in [5, 5.41) is 4.33. The molecule has 1 fully saturated rings. The van der Waals surface area contributed by atoms with Crippen LogP contribution in [0.2, 0.25) is 5.02 Å². The van der Waals surface area contributed by atoms with Crippen molar-refractivity contribution in [1.29, 1.82) is 0 Å². The van der Waals surface area contributed by atoms with Crippen LogP contribution >= 0.6 is 23.4 Å². The van der Waals surface area contributed by atoms with E-state index in [1.54, 1.807) is 34.9 Å². The first-order valence-electron chi connectivity index (χ1n) is 10.5. The number of halogens is 1. The maximum absolute atomic E-state index is 13.2. The molecule has 32 heavy (non-hydrogen) atoms. The minimum absolute atomic E-state index is 0.0366. The molecule has 0 radical (unpaired) electrons. The number of fused-ring (bicyclic) bond motifs is 1. The number of aromatic nitrogens is 2. The van der Waals surface area contributed by atoms with Crippen LogP contribution in [0.3, 0.4) is 0 Å². The molecule has 168 valence electrons. The monoisotopic (exact) mass is 473 g/mol. The highest BCUT2D eigenvalue weighted by Gasteiger charge is 2.21. The fraction of sp³-hybridized carbons (Fsp3) is 0.348. The average Bonchev–Trinajstić information content (AvgIpc) is 3.29. The van der Waals surface area contributed by atoms with E-state index in [-0.39, 0.29) is 23.3 Å². The molecule has 2 aromatic carbocycles. The molecule has 0 aliphatic carbocycles. The molecule has 7 nitrogen and oxygen atoms in total. The lowest BCUT2D eigenvalue weighted by Gasteiger charge is -2.16. The Morgan fingerprint density at radius 2 is 2.19 bits per heavy atom. The highest BCUT2D eigenvalue weighted by molar-refractivity contribution is 7.99. The summed E-state index contributed by atoms with van der Waals surface area (Å²) >= 11 is 7.32. The summed E-state index contributed by atoms with van der Waals surface area (Å²) in [5.41, 5.74) is 0.956. The van der Waals surface area contributed by atoms with Gasteiger partial charge >= 0.3 is 0 Å². The van der Waals surface area contributed by atoms with Crippen LogP contribution in [0.15, 0.2) is 52.4 Å². The maximum atomic E-state index is 13.2. The number of nitrogens with zero attached hydrogens (tertiary/aromatic N) is 2. The van der Waals surface area contributed by atoms with Gasteiger partial charge in [0.05, 0.1) is 41.6 Å². The number of anilines is 1. The van der Waals surface area contributed by atoms with Crippen molar-refractivity contribution >= 4 is 45.9 Å². The third-order valence-electron chi connectivity index (χ3n) is 5.09. The fourth-order valence-electron chi connectivity index (χ4n) is 3.60. The summed E-state index contributed by atoms with van der Waals surface area (Å²) in [6.45, 7) is 3.49. The normalized spacial score (nSPS) is 15.8. The van der Waals surface area contributed by atoms with E-state index in [2.05, 4.69) is 10.3 Å². The first-order valence-corrected chi connectivity index (χ1v) is 11.9. The quantitative estimate of drug-likeness (QED) is 0.386. The van der Waals surface area contributed by atoms with Crippen molar-refractivity contribution in [1.82, 2.24) is 9.55 Å². The Hall–Kier alpha value is -2.55. The van der Waals surface area contributed by atoms with Crippen molar-refractivity contribution in [3.63, 3.8) is 0 Å². The summed E-state index contributed by atoms with van der Waals surface area (Å²) < 4.78 is 12.9. The topological polar surface area (TPSA) is 82.5 Å². The minimum atomic E-state index is -0.216. The number of ether oxygens (including phenoxy) is 2. The Morgan fingerprint density at radius 1 is 1.34 bits per heavy atom. The van der Waals surface area contributed by atoms with Crippen LogP contribution in [0.25, 0.3) is 10.9 Å². The highest BCUT2D eigenvalue weighted by Crippen LogP contribution is 2.26. The molecule has 1 aliphatic rings. The zero-order chi connectivity index (χ0) is 22.5. The fourth-order valence-corrected chi connectivity index (χ4v) is 4.58. The standard InChI is InChI=1S/C23H24ClN3O4S/c1-2-30-20-8-4-3-7-18(20)25-21(28)14-32-23-26-19-12-15(24)9-10-17(19)22(29)27(23)13-16-6-5-11-31-16/h3-4,7-10,12,16H,2,5-6,11,13-14H2,1H3,(H,25,28). The molecular formula is C23H24ClN3O4S. The lowest BCUT2D eigenvalue weighted by atomic mass is 10.2. The van der Waals surface area contributed by atoms with Crippen LogP contribution in [-0.4, -0.2) is 40.5 Å². The Morgan fingerprint density at radius 3 is 2.97 bits per heavy atom. The van der Waals surface area contributed by atoms with Gasteiger partial charge in [-0.15, -0.1) is 0 Å². The molecule has 1 saturated heterocycles. The van der Waals surface area contributed by atoms with Crippen molar-refractivity contribution in [3.8, 4) is 5.75 Å². The number of hydrogen-bond donors (Lipinski definition) is 1. The molecule has 1 N–H and O–H groups in total. The second-order valence-corrected chi connectivity index (χ2v) is 8.75. The Labute approximate surface area is 195 Å². The predicted molar refractivity (Wildman–Crippen MR) is 127 cm³/mol. The number of carbonyl (C=O) groups is 1. The Bertz CT molecular complexity index is 1180. The Kier molecular flexibility index (Phi) is 7.34. The Balaban J connectivity index is 1.57. The van der Waals surface area contributed by atoms with Crippen molar-refractivity contribution < 1.29 is 14.3 Å². The molecule has 1 atom stereocenters. The number of amides is 1. The second kappa shape index (κ2) is 10.4. The number of para-hydroxylation sites is 2. The minimum Gasteiger partial charge on any atom is -0.492 e. The van der Waals surface area contributed by atoms with E-state index in [1.807, 2.05) is 19.1 Å². The van der Waals surface area contributed by atoms with Gasteiger partial charge in [0.15, 0.2) is 5.16 Å². The zero-order valence-corrected chi connectivity index (χ0v) is 19.2. The molecule has 9 heteroatoms. The van der Waals surface area contributed by atoms with E-state index in [0.717, 1.165) is 12.8 Å². The first kappa shape index (κ1) is 22.6. The van der Waals surface area contributed by atoms with Crippen molar-refractivity contribution in [2.75, 3.05) is 24.3 Å². The number of carbonyl (C=O) groups excluding carboxylic acids is 1. The van der Waals surface area contributed by atoms with E-state index < -0.39 is 0 Å². The van der Waals surface area contributed by atoms with Crippen LogP contribution in [-0.2, 0) is 16.1 Å². The smallest absolute Gasteiger partial charge is 0.262 e. The second-order valence-electron chi connectivity index (χ2n) is 7.37. The van der Waals surface area contributed by atoms with Gasteiger partial charge < -0.3 is 14.8 Å². The van der Waals surface area contributed by atoms with Gasteiger partial charge in [-0.2, -0.15) is 0 Å². The summed E-state index contributed by atoms with van der Waals surface area (Å²) in [6.07, 6.45) is 1.83. The lowest BCUT2D eigenvalue weighted by molar-refractivity contribution is -0.113. The van der Waals surface area contributed by atoms with Gasteiger partial charge in [0.1, 0.15) is 5.75 Å². The third kappa shape index (κ3) is 5.26. The van der Waals surface area contributed by atoms with Gasteiger partial charge in [0, 0.05) is 11.6 Å². The van der Waals surface area contributed by atoms with E-state index in [0.29, 0.717) is 52.3 Å². The molecule has 0 saturated carbocycles. The SMILES string of the molecule is CCOc1ccccc1NC(=O)CSc1nc2cc(Cl)ccc2c(=O)n1CC1CCCO1. The number of hydrogen-bond acceptors (Lipinski definition) is 6. The van der Waals surface area contributed by atoms with Crippen LogP contribution in [0.1, 0.15) is 19.8 Å². The molecule has 1 aliphatic heterocycles. The molecule has 0 spiro atoms. The summed E-state index contributed by atoms with van der Waals surface area (Å²) in [5.74, 6) is 0.484.